The van der Waals surface area contributed by atoms with E-state index in [0.717, 1.165) is 17.7 Å². The molecule has 2 aromatic rings. The molecule has 0 saturated carbocycles. The first-order chi connectivity index (χ1) is 10.2. The number of aryl methyl sites for hydroxylation is 1. The number of carbonyl (C=O) groups excluding carboxylic acids is 1. The van der Waals surface area contributed by atoms with Crippen molar-refractivity contribution in [2.24, 2.45) is 5.10 Å². The maximum atomic E-state index is 11.7. The molecule has 5 nitrogen and oxygen atoms in total. The molecule has 0 aliphatic carbocycles. The van der Waals surface area contributed by atoms with Crippen LogP contribution >= 0.6 is 0 Å². The van der Waals surface area contributed by atoms with Gasteiger partial charge in [-0.1, -0.05) is 6.92 Å². The highest BCUT2D eigenvalue weighted by molar-refractivity contribution is 5.92. The van der Waals surface area contributed by atoms with Crippen molar-refractivity contribution in [3.63, 3.8) is 0 Å². The fourth-order valence-corrected chi connectivity index (χ4v) is 1.65. The second-order valence-electron chi connectivity index (χ2n) is 4.53. The summed E-state index contributed by atoms with van der Waals surface area (Å²) in [4.78, 5) is 11.7. The topological polar surface area (TPSA) is 63.8 Å². The van der Waals surface area contributed by atoms with Gasteiger partial charge < -0.3 is 9.15 Å². The van der Waals surface area contributed by atoms with Gasteiger partial charge in [-0.15, -0.1) is 0 Å². The summed E-state index contributed by atoms with van der Waals surface area (Å²) in [7, 11) is 0. The molecule has 0 radical (unpaired) electrons. The molecular formula is C16H18N2O3. The molecule has 21 heavy (non-hydrogen) atoms. The Morgan fingerprint density at radius 1 is 1.29 bits per heavy atom. The fourth-order valence-electron chi connectivity index (χ4n) is 1.65. The molecule has 0 bridgehead atoms. The van der Waals surface area contributed by atoms with Crippen LogP contribution in [0.5, 0.6) is 5.75 Å². The van der Waals surface area contributed by atoms with Gasteiger partial charge in [-0.2, -0.15) is 5.10 Å². The predicted octanol–water partition coefficient (Wildman–Crippen LogP) is 3.14. The number of rotatable bonds is 6. The molecule has 1 aromatic carbocycles. The minimum absolute atomic E-state index is 0.243. The standard InChI is InChI=1S/C16H18N2O3/c1-3-10-20-14-7-5-13(6-8-14)11-17-18-16(19)15-9-4-12(2)21-15/h4-9,11H,3,10H2,1-2H3,(H,18,19)/b17-11+. The lowest BCUT2D eigenvalue weighted by molar-refractivity contribution is 0.0926. The van der Waals surface area contributed by atoms with E-state index in [0.29, 0.717) is 12.4 Å². The summed E-state index contributed by atoms with van der Waals surface area (Å²) in [6, 6.07) is 10.8. The van der Waals surface area contributed by atoms with Gasteiger partial charge in [-0.05, 0) is 55.3 Å². The zero-order valence-electron chi connectivity index (χ0n) is 12.1. The van der Waals surface area contributed by atoms with E-state index in [1.807, 2.05) is 24.3 Å². The number of furan rings is 1. The molecule has 0 aliphatic heterocycles. The second-order valence-corrected chi connectivity index (χ2v) is 4.53. The van der Waals surface area contributed by atoms with Crippen LogP contribution in [-0.4, -0.2) is 18.7 Å². The molecular weight excluding hydrogens is 268 g/mol. The fraction of sp³-hybridized carbons (Fsp3) is 0.250. The van der Waals surface area contributed by atoms with Crippen molar-refractivity contribution < 1.29 is 13.9 Å². The van der Waals surface area contributed by atoms with Crippen LogP contribution in [0, 0.1) is 6.92 Å². The van der Waals surface area contributed by atoms with E-state index in [1.165, 1.54) is 0 Å². The molecule has 0 spiro atoms. The average molecular weight is 286 g/mol. The Kier molecular flexibility index (Phi) is 5.15. The third kappa shape index (κ3) is 4.49. The number of nitrogens with zero attached hydrogens (tertiary/aromatic N) is 1. The van der Waals surface area contributed by atoms with Gasteiger partial charge in [0.2, 0.25) is 0 Å². The van der Waals surface area contributed by atoms with Crippen molar-refractivity contribution in [3.05, 3.63) is 53.5 Å². The molecule has 0 saturated heterocycles. The van der Waals surface area contributed by atoms with E-state index < -0.39 is 0 Å². The number of hydrogen-bond acceptors (Lipinski definition) is 4. The quantitative estimate of drug-likeness (QED) is 0.655. The maximum absolute atomic E-state index is 11.7. The van der Waals surface area contributed by atoms with Gasteiger partial charge in [-0.25, -0.2) is 5.43 Å². The average Bonchev–Trinajstić information content (AvgIpc) is 2.93. The number of hydrogen-bond donors (Lipinski definition) is 1. The summed E-state index contributed by atoms with van der Waals surface area (Å²) in [5.41, 5.74) is 3.29. The van der Waals surface area contributed by atoms with E-state index in [1.54, 1.807) is 25.3 Å². The Morgan fingerprint density at radius 3 is 2.67 bits per heavy atom. The van der Waals surface area contributed by atoms with Crippen LogP contribution in [0.25, 0.3) is 0 Å². The van der Waals surface area contributed by atoms with Crippen molar-refractivity contribution in [1.82, 2.24) is 5.43 Å². The summed E-state index contributed by atoms with van der Waals surface area (Å²) >= 11 is 0. The van der Waals surface area contributed by atoms with Crippen molar-refractivity contribution >= 4 is 12.1 Å². The summed E-state index contributed by atoms with van der Waals surface area (Å²) in [5, 5.41) is 3.89. The summed E-state index contributed by atoms with van der Waals surface area (Å²) < 4.78 is 10.7. The highest BCUT2D eigenvalue weighted by Crippen LogP contribution is 2.11. The predicted molar refractivity (Wildman–Crippen MR) is 80.7 cm³/mol. The highest BCUT2D eigenvalue weighted by Gasteiger charge is 2.07. The van der Waals surface area contributed by atoms with E-state index in [2.05, 4.69) is 17.5 Å². The summed E-state index contributed by atoms with van der Waals surface area (Å²) in [5.74, 6) is 1.38. The molecule has 5 heteroatoms. The first-order valence-electron chi connectivity index (χ1n) is 6.81. The molecule has 0 fully saturated rings. The van der Waals surface area contributed by atoms with Gasteiger partial charge in [0.15, 0.2) is 5.76 Å². The molecule has 0 aliphatic rings. The lowest BCUT2D eigenvalue weighted by atomic mass is 10.2. The minimum atomic E-state index is -0.373. The van der Waals surface area contributed by atoms with Gasteiger partial charge >= 0.3 is 5.91 Å². The number of benzene rings is 1. The van der Waals surface area contributed by atoms with Gasteiger partial charge in [0.25, 0.3) is 0 Å². The molecule has 0 atom stereocenters. The van der Waals surface area contributed by atoms with Crippen molar-refractivity contribution in [2.45, 2.75) is 20.3 Å². The molecule has 110 valence electrons. The van der Waals surface area contributed by atoms with Crippen molar-refractivity contribution in [1.29, 1.82) is 0 Å². The van der Waals surface area contributed by atoms with Gasteiger partial charge in [0.05, 0.1) is 12.8 Å². The number of amides is 1. The number of ether oxygens (including phenoxy) is 1. The van der Waals surface area contributed by atoms with Gasteiger partial charge in [0.1, 0.15) is 11.5 Å². The zero-order valence-corrected chi connectivity index (χ0v) is 12.1. The first kappa shape index (κ1) is 14.8. The molecule has 1 aromatic heterocycles. The van der Waals surface area contributed by atoms with Crippen LogP contribution in [0.15, 0.2) is 45.9 Å². The SMILES string of the molecule is CCCOc1ccc(/C=N/NC(=O)c2ccc(C)o2)cc1. The van der Waals surface area contributed by atoms with Crippen LogP contribution in [0.2, 0.25) is 0 Å². The normalized spacial score (nSPS) is 10.8. The van der Waals surface area contributed by atoms with E-state index in [-0.39, 0.29) is 11.7 Å². The van der Waals surface area contributed by atoms with Crippen molar-refractivity contribution in [3.8, 4) is 5.75 Å². The lowest BCUT2D eigenvalue weighted by Crippen LogP contribution is -2.16. The number of nitrogens with one attached hydrogen (secondary N) is 1. The van der Waals surface area contributed by atoms with E-state index in [4.69, 9.17) is 9.15 Å². The Labute approximate surface area is 123 Å². The largest absolute Gasteiger partial charge is 0.494 e. The second kappa shape index (κ2) is 7.28. The Bertz CT molecular complexity index is 615. The number of hydrazone groups is 1. The van der Waals surface area contributed by atoms with E-state index in [9.17, 15) is 4.79 Å². The highest BCUT2D eigenvalue weighted by atomic mass is 16.5. The molecule has 0 unspecified atom stereocenters. The molecule has 1 amide bonds. The van der Waals surface area contributed by atoms with E-state index >= 15 is 0 Å². The minimum Gasteiger partial charge on any atom is -0.494 e. The first-order valence-corrected chi connectivity index (χ1v) is 6.81. The smallest absolute Gasteiger partial charge is 0.307 e. The Balaban J connectivity index is 1.87. The maximum Gasteiger partial charge on any atom is 0.307 e. The van der Waals surface area contributed by atoms with Crippen LogP contribution in [0.4, 0.5) is 0 Å². The lowest BCUT2D eigenvalue weighted by Gasteiger charge is -2.03. The number of carbonyl (C=O) groups is 1. The molecule has 2 rings (SSSR count). The van der Waals surface area contributed by atoms with Crippen LogP contribution in [-0.2, 0) is 0 Å². The summed E-state index contributed by atoms with van der Waals surface area (Å²) in [6.45, 7) is 4.54. The van der Waals surface area contributed by atoms with Gasteiger partial charge in [-0.3, -0.25) is 4.79 Å². The van der Waals surface area contributed by atoms with Crippen LogP contribution in [0.3, 0.4) is 0 Å². The monoisotopic (exact) mass is 286 g/mol. The zero-order chi connectivity index (χ0) is 15.1. The van der Waals surface area contributed by atoms with Crippen molar-refractivity contribution in [2.75, 3.05) is 6.61 Å². The summed E-state index contributed by atoms with van der Waals surface area (Å²) in [6.07, 6.45) is 2.54. The third-order valence-corrected chi connectivity index (χ3v) is 2.70. The third-order valence-electron chi connectivity index (χ3n) is 2.70. The Hall–Kier alpha value is -2.56. The molecule has 1 N–H and O–H groups in total. The molecule has 1 heterocycles. The Morgan fingerprint density at radius 2 is 2.05 bits per heavy atom. The van der Waals surface area contributed by atoms with Gasteiger partial charge in [0, 0.05) is 0 Å². The van der Waals surface area contributed by atoms with Crippen LogP contribution < -0.4 is 10.2 Å². The van der Waals surface area contributed by atoms with Crippen LogP contribution in [0.1, 0.15) is 35.2 Å².